The molecule has 3 aromatic rings. The number of aromatic nitrogens is 4. The van der Waals surface area contributed by atoms with Gasteiger partial charge in [-0.25, -0.2) is 9.67 Å². The Morgan fingerprint density at radius 3 is 2.57 bits per heavy atom. The fourth-order valence-electron chi connectivity index (χ4n) is 2.75. The van der Waals surface area contributed by atoms with E-state index in [1.54, 1.807) is 0 Å². The summed E-state index contributed by atoms with van der Waals surface area (Å²) in [6.07, 6.45) is 0. The van der Waals surface area contributed by atoms with Crippen LogP contribution in [0.4, 0.5) is 0 Å². The molecule has 0 radical (unpaired) electrons. The van der Waals surface area contributed by atoms with Crippen LogP contribution in [0.25, 0.3) is 16.9 Å². The molecule has 5 heteroatoms. The van der Waals surface area contributed by atoms with Crippen LogP contribution in [0, 0.1) is 20.8 Å². The number of hydrogen-bond acceptors (Lipinski definition) is 2. The average Bonchev–Trinajstić information content (AvgIpc) is 2.92. The topological polar surface area (TPSA) is 35.6 Å². The molecule has 0 saturated carbocycles. The minimum absolute atomic E-state index is 0.170. The van der Waals surface area contributed by atoms with Gasteiger partial charge in [0.1, 0.15) is 11.3 Å². The van der Waals surface area contributed by atoms with Crippen molar-refractivity contribution in [1.82, 2.24) is 19.3 Å². The minimum Gasteiger partial charge on any atom is -0.279 e. The Balaban J connectivity index is 2.44. The molecular weight excluding hydrogens is 284 g/mol. The molecule has 110 valence electrons. The molecule has 21 heavy (non-hydrogen) atoms. The highest BCUT2D eigenvalue weighted by Gasteiger charge is 2.22. The number of aryl methyl sites for hydroxylation is 4. The van der Waals surface area contributed by atoms with E-state index >= 15 is 0 Å². The summed E-state index contributed by atoms with van der Waals surface area (Å²) in [7, 11) is 1.95. The Hall–Kier alpha value is -1.81. The highest BCUT2D eigenvalue weighted by Crippen LogP contribution is 2.30. The molecule has 0 aliphatic carbocycles. The van der Waals surface area contributed by atoms with E-state index in [1.807, 2.05) is 25.6 Å². The molecule has 0 aliphatic rings. The van der Waals surface area contributed by atoms with E-state index < -0.39 is 0 Å². The standard InChI is InChI=1S/C16H19ClN4/c1-9-6-7-10(2)13(8-9)21-15(11(3)17)18-14-12(4)19-20(5)16(14)21/h6-8,11H,1-5H3. The summed E-state index contributed by atoms with van der Waals surface area (Å²) in [5.41, 5.74) is 6.35. The summed E-state index contributed by atoms with van der Waals surface area (Å²) in [6, 6.07) is 6.41. The molecule has 3 rings (SSSR count). The smallest absolute Gasteiger partial charge is 0.163 e. The molecule has 0 spiro atoms. The van der Waals surface area contributed by atoms with E-state index in [0.717, 1.165) is 28.4 Å². The third-order valence-corrected chi connectivity index (χ3v) is 3.98. The first-order valence-electron chi connectivity index (χ1n) is 7.03. The monoisotopic (exact) mass is 302 g/mol. The molecule has 0 N–H and O–H groups in total. The lowest BCUT2D eigenvalue weighted by Gasteiger charge is -2.14. The lowest BCUT2D eigenvalue weighted by atomic mass is 10.1. The Morgan fingerprint density at radius 1 is 1.19 bits per heavy atom. The fourth-order valence-corrected chi connectivity index (χ4v) is 2.90. The second-order valence-electron chi connectivity index (χ2n) is 5.59. The normalized spacial score (nSPS) is 13.0. The molecule has 2 heterocycles. The van der Waals surface area contributed by atoms with Crippen molar-refractivity contribution in [3.8, 4) is 5.69 Å². The summed E-state index contributed by atoms with van der Waals surface area (Å²) < 4.78 is 4.01. The summed E-state index contributed by atoms with van der Waals surface area (Å²) in [5.74, 6) is 0.858. The van der Waals surface area contributed by atoms with E-state index in [4.69, 9.17) is 16.6 Å². The zero-order valence-corrected chi connectivity index (χ0v) is 13.7. The van der Waals surface area contributed by atoms with Crippen molar-refractivity contribution < 1.29 is 0 Å². The fraction of sp³-hybridized carbons (Fsp3) is 0.375. The predicted octanol–water partition coefficient (Wildman–Crippen LogP) is 3.98. The molecule has 4 nitrogen and oxygen atoms in total. The summed E-state index contributed by atoms with van der Waals surface area (Å²) in [5, 5.41) is 4.31. The SMILES string of the molecule is Cc1ccc(C)c(-n2c(C(C)Cl)nc3c(C)nn(C)c32)c1. The van der Waals surface area contributed by atoms with Gasteiger partial charge < -0.3 is 0 Å². The molecule has 2 aromatic heterocycles. The second-order valence-corrected chi connectivity index (χ2v) is 6.25. The molecule has 0 bridgehead atoms. The number of rotatable bonds is 2. The number of nitrogens with zero attached hydrogens (tertiary/aromatic N) is 4. The van der Waals surface area contributed by atoms with Crippen molar-refractivity contribution in [2.75, 3.05) is 0 Å². The third-order valence-electron chi connectivity index (χ3n) is 3.79. The number of halogens is 1. The van der Waals surface area contributed by atoms with Crippen molar-refractivity contribution in [2.24, 2.45) is 7.05 Å². The van der Waals surface area contributed by atoms with Crippen LogP contribution in [-0.2, 0) is 7.05 Å². The maximum absolute atomic E-state index is 6.37. The van der Waals surface area contributed by atoms with E-state index in [9.17, 15) is 0 Å². The molecule has 0 fully saturated rings. The maximum atomic E-state index is 6.37. The van der Waals surface area contributed by atoms with Gasteiger partial charge >= 0.3 is 0 Å². The van der Waals surface area contributed by atoms with E-state index in [-0.39, 0.29) is 5.38 Å². The zero-order valence-electron chi connectivity index (χ0n) is 13.0. The Kier molecular flexibility index (Phi) is 3.29. The van der Waals surface area contributed by atoms with Crippen LogP contribution in [0.5, 0.6) is 0 Å². The Morgan fingerprint density at radius 2 is 1.90 bits per heavy atom. The lowest BCUT2D eigenvalue weighted by Crippen LogP contribution is -2.07. The van der Waals surface area contributed by atoms with Gasteiger partial charge in [-0.2, -0.15) is 5.10 Å². The van der Waals surface area contributed by atoms with Gasteiger partial charge in [0, 0.05) is 7.05 Å². The highest BCUT2D eigenvalue weighted by atomic mass is 35.5. The molecule has 0 aliphatic heterocycles. The van der Waals surface area contributed by atoms with Gasteiger partial charge in [0.15, 0.2) is 5.65 Å². The second kappa shape index (κ2) is 4.88. The lowest BCUT2D eigenvalue weighted by molar-refractivity contribution is 0.747. The van der Waals surface area contributed by atoms with E-state index in [2.05, 4.69) is 41.7 Å². The average molecular weight is 303 g/mol. The number of alkyl halides is 1. The van der Waals surface area contributed by atoms with Gasteiger partial charge in [-0.15, -0.1) is 11.6 Å². The van der Waals surface area contributed by atoms with Crippen LogP contribution in [0.15, 0.2) is 18.2 Å². The van der Waals surface area contributed by atoms with Crippen molar-refractivity contribution in [1.29, 1.82) is 0 Å². The first-order valence-corrected chi connectivity index (χ1v) is 7.47. The number of benzene rings is 1. The minimum atomic E-state index is -0.170. The molecule has 0 saturated heterocycles. The predicted molar refractivity (Wildman–Crippen MR) is 86.3 cm³/mol. The summed E-state index contributed by atoms with van der Waals surface area (Å²) in [4.78, 5) is 4.73. The zero-order chi connectivity index (χ0) is 15.3. The number of fused-ring (bicyclic) bond motifs is 1. The van der Waals surface area contributed by atoms with Gasteiger partial charge in [-0.05, 0) is 44.9 Å². The van der Waals surface area contributed by atoms with Gasteiger partial charge in [0.05, 0.1) is 16.8 Å². The third kappa shape index (κ3) is 2.14. The first-order chi connectivity index (χ1) is 9.90. The van der Waals surface area contributed by atoms with Crippen molar-refractivity contribution in [3.63, 3.8) is 0 Å². The van der Waals surface area contributed by atoms with Crippen LogP contribution in [0.3, 0.4) is 0 Å². The molecular formula is C16H19ClN4. The number of imidazole rings is 1. The largest absolute Gasteiger partial charge is 0.279 e. The quantitative estimate of drug-likeness (QED) is 0.671. The van der Waals surface area contributed by atoms with Crippen LogP contribution < -0.4 is 0 Å². The van der Waals surface area contributed by atoms with Crippen LogP contribution in [-0.4, -0.2) is 19.3 Å². The van der Waals surface area contributed by atoms with Gasteiger partial charge in [0.25, 0.3) is 0 Å². The van der Waals surface area contributed by atoms with Crippen LogP contribution >= 0.6 is 11.6 Å². The summed E-state index contributed by atoms with van der Waals surface area (Å²) >= 11 is 6.37. The molecule has 1 atom stereocenters. The Labute approximate surface area is 129 Å². The van der Waals surface area contributed by atoms with Crippen LogP contribution in [0.1, 0.15) is 34.9 Å². The number of hydrogen-bond donors (Lipinski definition) is 0. The molecule has 1 aromatic carbocycles. The Bertz CT molecular complexity index is 827. The van der Waals surface area contributed by atoms with E-state index in [0.29, 0.717) is 0 Å². The van der Waals surface area contributed by atoms with Gasteiger partial charge in [-0.1, -0.05) is 12.1 Å². The van der Waals surface area contributed by atoms with Gasteiger partial charge in [-0.3, -0.25) is 4.57 Å². The van der Waals surface area contributed by atoms with Crippen molar-refractivity contribution in [3.05, 3.63) is 40.8 Å². The first kappa shape index (κ1) is 14.1. The maximum Gasteiger partial charge on any atom is 0.163 e. The van der Waals surface area contributed by atoms with Crippen molar-refractivity contribution >= 4 is 22.8 Å². The van der Waals surface area contributed by atoms with E-state index in [1.165, 1.54) is 11.1 Å². The molecule has 0 amide bonds. The highest BCUT2D eigenvalue weighted by molar-refractivity contribution is 6.20. The molecule has 1 unspecified atom stereocenters. The van der Waals surface area contributed by atoms with Crippen LogP contribution in [0.2, 0.25) is 0 Å². The summed E-state index contributed by atoms with van der Waals surface area (Å²) in [6.45, 7) is 8.13. The van der Waals surface area contributed by atoms with Gasteiger partial charge in [0.2, 0.25) is 0 Å². The van der Waals surface area contributed by atoms with Crippen molar-refractivity contribution in [2.45, 2.75) is 33.1 Å².